The van der Waals surface area contributed by atoms with Crippen molar-refractivity contribution >= 4 is 112 Å². The van der Waals surface area contributed by atoms with Gasteiger partial charge in [0.15, 0.2) is 0 Å². The number of hydrogen-bond acceptors (Lipinski definition) is 0. The van der Waals surface area contributed by atoms with Crippen molar-refractivity contribution in [1.29, 1.82) is 0 Å². The number of hydrogen-bond donors (Lipinski definition) is 0. The van der Waals surface area contributed by atoms with Crippen LogP contribution in [0.1, 0.15) is 22.3 Å². The molecule has 370 valence electrons. The zero-order valence-corrected chi connectivity index (χ0v) is 47.0. The van der Waals surface area contributed by atoms with Crippen molar-refractivity contribution in [2.24, 2.45) is 0 Å². The van der Waals surface area contributed by atoms with Crippen LogP contribution in [0, 0.1) is 38.5 Å². The molecule has 0 fully saturated rings. The van der Waals surface area contributed by atoms with E-state index in [0.29, 0.717) is 0 Å². The Hall–Kier alpha value is -7.12. The summed E-state index contributed by atoms with van der Waals surface area (Å²) >= 11 is 0. The monoisotopic (exact) mass is 1190 g/mol. The van der Waals surface area contributed by atoms with E-state index in [-0.39, 0.29) is 44.8 Å². The van der Waals surface area contributed by atoms with Gasteiger partial charge in [-0.05, 0) is 140 Å². The van der Waals surface area contributed by atoms with Crippen LogP contribution in [0.4, 0.5) is 0 Å². The standard InChI is InChI=1S/C32H28P2.2C20H11.2Ag/c1-25-23-31(33(27-15-7-3-8-16-27)28-17-9-4-10-18-28)32(24-26(25)2)34(29-19-11-5-12-20-29)30-21-13-6-14-22-30;2*1-2-14-13-20-17-9-4-3-7-15(17)11-12-19(20)18-10-6-5-8-16(14)18;;/h3-24H,1-2H3;2*3-13H;;/q;2*-1;2*+1/p+2. The second-order valence-corrected chi connectivity index (χ2v) is 23.5. The van der Waals surface area contributed by atoms with E-state index in [1.165, 1.54) is 96.8 Å². The Labute approximate surface area is 480 Å². The van der Waals surface area contributed by atoms with Gasteiger partial charge >= 0.3 is 44.8 Å². The molecule has 0 aliphatic carbocycles. The van der Waals surface area contributed by atoms with Crippen LogP contribution in [0.3, 0.4) is 0 Å². The first-order valence-corrected chi connectivity index (χ1v) is 28.1. The summed E-state index contributed by atoms with van der Waals surface area (Å²) in [5.74, 6) is 5.15. The molecule has 0 saturated heterocycles. The van der Waals surface area contributed by atoms with Crippen LogP contribution < -0.4 is 31.8 Å². The van der Waals surface area contributed by atoms with Gasteiger partial charge in [0.1, 0.15) is 47.7 Å². The molecule has 0 N–H and O–H groups in total. The molecule has 0 nitrogen and oxygen atoms in total. The van der Waals surface area contributed by atoms with Gasteiger partial charge in [-0.1, -0.05) is 205 Å². The maximum absolute atomic E-state index is 7.56. The molecule has 0 radical (unpaired) electrons. The van der Waals surface area contributed by atoms with E-state index >= 15 is 0 Å². The number of rotatable bonds is 6. The van der Waals surface area contributed by atoms with E-state index in [0.717, 1.165) is 21.9 Å². The molecule has 0 aliphatic heterocycles. The molecule has 0 bridgehead atoms. The van der Waals surface area contributed by atoms with Crippen molar-refractivity contribution in [3.8, 4) is 11.8 Å². The van der Waals surface area contributed by atoms with Crippen LogP contribution in [-0.2, 0) is 44.8 Å². The largest absolute Gasteiger partial charge is 1.00 e. The Morgan fingerprint density at radius 1 is 0.263 bits per heavy atom. The first-order valence-electron chi connectivity index (χ1n) is 25.1. The molecule has 4 heteroatoms. The Morgan fingerprint density at radius 3 is 0.842 bits per heavy atom. The molecule has 13 aromatic carbocycles. The maximum Gasteiger partial charge on any atom is 1.00 e. The van der Waals surface area contributed by atoms with Crippen molar-refractivity contribution in [3.05, 3.63) is 302 Å². The molecule has 0 atom stereocenters. The summed E-state index contributed by atoms with van der Waals surface area (Å²) in [6.45, 7) is 4.52. The van der Waals surface area contributed by atoms with Gasteiger partial charge in [0.05, 0.1) is 0 Å². The fourth-order valence-corrected chi connectivity index (χ4v) is 16.7. The summed E-state index contributed by atoms with van der Waals surface area (Å²) < 4.78 is 0. The van der Waals surface area contributed by atoms with Gasteiger partial charge in [-0.3, -0.25) is 11.8 Å². The van der Waals surface area contributed by atoms with Gasteiger partial charge in [-0.2, -0.15) is 0 Å². The first-order chi connectivity index (χ1) is 36.5. The summed E-state index contributed by atoms with van der Waals surface area (Å²) in [4.78, 5) is 0. The van der Waals surface area contributed by atoms with E-state index in [1.807, 2.05) is 24.3 Å². The van der Waals surface area contributed by atoms with Crippen molar-refractivity contribution in [3.63, 3.8) is 0 Å². The van der Waals surface area contributed by atoms with Crippen molar-refractivity contribution in [2.75, 3.05) is 0 Å². The third-order valence-corrected chi connectivity index (χ3v) is 20.0. The van der Waals surface area contributed by atoms with Crippen LogP contribution in [0.25, 0.3) is 64.6 Å². The molecule has 0 unspecified atom stereocenters. The van der Waals surface area contributed by atoms with Crippen molar-refractivity contribution in [2.45, 2.75) is 13.8 Å². The minimum Gasteiger partial charge on any atom is -0.366 e. The zero-order chi connectivity index (χ0) is 50.4. The van der Waals surface area contributed by atoms with Crippen LogP contribution in [-0.4, -0.2) is 0 Å². The van der Waals surface area contributed by atoms with Crippen molar-refractivity contribution < 1.29 is 44.8 Å². The molecule has 13 aromatic rings. The molecule has 76 heavy (non-hydrogen) atoms. The zero-order valence-electron chi connectivity index (χ0n) is 42.0. The molecular formula is C72H52Ag2P2+2. The topological polar surface area (TPSA) is 0 Å². The third kappa shape index (κ3) is 10.9. The Bertz CT molecular complexity index is 3880. The smallest absolute Gasteiger partial charge is 0.366 e. The summed E-state index contributed by atoms with van der Waals surface area (Å²) in [5.41, 5.74) is 4.44. The van der Waals surface area contributed by atoms with Crippen molar-refractivity contribution in [1.82, 2.24) is 0 Å². The van der Waals surface area contributed by atoms with Gasteiger partial charge in [0, 0.05) is 0 Å². The van der Waals surface area contributed by atoms with Crippen LogP contribution in [0.2, 0.25) is 0 Å². The first kappa shape index (κ1) is 53.7. The molecule has 0 heterocycles. The van der Waals surface area contributed by atoms with Crippen LogP contribution in [0.5, 0.6) is 0 Å². The number of aryl methyl sites for hydroxylation is 2. The van der Waals surface area contributed by atoms with Crippen LogP contribution in [0.15, 0.2) is 267 Å². The molecule has 0 aliphatic rings. The number of benzene rings is 13. The third-order valence-electron chi connectivity index (χ3n) is 14.2. The summed E-state index contributed by atoms with van der Waals surface area (Å²) in [5, 5.41) is 23.1. The van der Waals surface area contributed by atoms with E-state index < -0.39 is 15.8 Å². The summed E-state index contributed by atoms with van der Waals surface area (Å²) in [6, 6.07) is 95.5. The quantitative estimate of drug-likeness (QED) is 0.0512. The van der Waals surface area contributed by atoms with E-state index in [2.05, 4.69) is 268 Å². The van der Waals surface area contributed by atoms with E-state index in [4.69, 9.17) is 12.8 Å². The summed E-state index contributed by atoms with van der Waals surface area (Å²) in [7, 11) is -2.36. The van der Waals surface area contributed by atoms with Gasteiger partial charge in [-0.25, -0.2) is 0 Å². The minimum absolute atomic E-state index is 0. The molecule has 0 aromatic heterocycles. The van der Waals surface area contributed by atoms with E-state index in [1.54, 1.807) is 0 Å². The van der Waals surface area contributed by atoms with E-state index in [9.17, 15) is 0 Å². The number of fused-ring (bicyclic) bond motifs is 10. The summed E-state index contributed by atoms with van der Waals surface area (Å²) in [6.07, 6.45) is 15.1. The molecular weight excluding hydrogens is 1140 g/mol. The second kappa shape index (κ2) is 24.7. The normalized spacial score (nSPS) is 10.8. The fraction of sp³-hybridized carbons (Fsp3) is 0.0278. The predicted molar refractivity (Wildman–Crippen MR) is 327 cm³/mol. The second-order valence-electron chi connectivity index (χ2n) is 18.6. The SMILES string of the molecule is Cc1cc([PH+](c2ccccc2)c2ccccc2)c([PH+](c2ccccc2)c2ccccc2)cc1C.[Ag+].[Ag+].[C-]#Cc1cc2c3ccccc3ccc2c2ccccc12.[C-]#Cc1cc2c3ccccc3ccc2c2ccccc12. The maximum atomic E-state index is 7.56. The van der Waals surface area contributed by atoms with Gasteiger partial charge < -0.3 is 12.8 Å². The molecule has 0 saturated carbocycles. The molecule has 0 spiro atoms. The van der Waals surface area contributed by atoms with Gasteiger partial charge in [0.25, 0.3) is 0 Å². The molecule has 0 amide bonds. The average molecular weight is 1190 g/mol. The van der Waals surface area contributed by atoms with Gasteiger partial charge in [0.2, 0.25) is 0 Å². The minimum atomic E-state index is -1.18. The Kier molecular flexibility index (Phi) is 17.4. The van der Waals surface area contributed by atoms with Gasteiger partial charge in [-0.15, -0.1) is 23.3 Å². The average Bonchev–Trinajstić information content (AvgIpc) is 3.50. The van der Waals surface area contributed by atoms with Crippen LogP contribution >= 0.6 is 15.8 Å². The fourth-order valence-electron chi connectivity index (χ4n) is 10.5. The Balaban J connectivity index is 0.000000145. The Morgan fingerprint density at radius 2 is 0.526 bits per heavy atom. The molecule has 13 rings (SSSR count). The predicted octanol–water partition coefficient (Wildman–Crippen LogP) is 15.4.